The van der Waals surface area contributed by atoms with Crippen molar-refractivity contribution in [1.29, 1.82) is 0 Å². The molecule has 0 amide bonds. The lowest BCUT2D eigenvalue weighted by molar-refractivity contribution is -0.140. The predicted molar refractivity (Wildman–Crippen MR) is 63.6 cm³/mol. The quantitative estimate of drug-likeness (QED) is 0.549. The van der Waals surface area contributed by atoms with Gasteiger partial charge in [0.25, 0.3) is 0 Å². The molecule has 17 heavy (non-hydrogen) atoms. The second-order valence-electron chi connectivity index (χ2n) is 4.34. The Morgan fingerprint density at radius 2 is 1.94 bits per heavy atom. The van der Waals surface area contributed by atoms with Crippen molar-refractivity contribution in [3.05, 3.63) is 11.3 Å². The van der Waals surface area contributed by atoms with Crippen LogP contribution in [0.2, 0.25) is 0 Å². The summed E-state index contributed by atoms with van der Waals surface area (Å²) >= 11 is 0. The molecular formula is C13H20O4. The number of carbonyl (C=O) groups is 2. The van der Waals surface area contributed by atoms with Gasteiger partial charge in [0.1, 0.15) is 0 Å². The highest BCUT2D eigenvalue weighted by Crippen LogP contribution is 2.25. The van der Waals surface area contributed by atoms with Crippen LogP contribution in [0, 0.1) is 0 Å². The van der Waals surface area contributed by atoms with E-state index < -0.39 is 0 Å². The van der Waals surface area contributed by atoms with Gasteiger partial charge in [-0.2, -0.15) is 0 Å². The summed E-state index contributed by atoms with van der Waals surface area (Å²) in [5.41, 5.74) is 0.623. The van der Waals surface area contributed by atoms with Crippen LogP contribution in [0.15, 0.2) is 11.3 Å². The van der Waals surface area contributed by atoms with E-state index in [4.69, 9.17) is 0 Å². The molecule has 0 unspecified atom stereocenters. The van der Waals surface area contributed by atoms with Crippen LogP contribution in [0.25, 0.3) is 0 Å². The lowest BCUT2D eigenvalue weighted by atomic mass is 10.0. The summed E-state index contributed by atoms with van der Waals surface area (Å²) < 4.78 is 4.54. The van der Waals surface area contributed by atoms with E-state index in [1.54, 1.807) is 0 Å². The third-order valence-electron chi connectivity index (χ3n) is 3.06. The number of rotatable bonds is 7. The van der Waals surface area contributed by atoms with Gasteiger partial charge in [0.15, 0.2) is 5.78 Å². The lowest BCUT2D eigenvalue weighted by Crippen LogP contribution is -1.99. The second-order valence-corrected chi connectivity index (χ2v) is 4.34. The number of aliphatic hydroxyl groups is 1. The van der Waals surface area contributed by atoms with Gasteiger partial charge in [0, 0.05) is 24.8 Å². The highest BCUT2D eigenvalue weighted by Gasteiger charge is 2.21. The Morgan fingerprint density at radius 1 is 1.24 bits per heavy atom. The fraction of sp³-hybridized carbons (Fsp3) is 0.692. The molecule has 0 aromatic heterocycles. The van der Waals surface area contributed by atoms with E-state index >= 15 is 0 Å². The van der Waals surface area contributed by atoms with Gasteiger partial charge in [-0.3, -0.25) is 9.59 Å². The fourth-order valence-corrected chi connectivity index (χ4v) is 2.01. The summed E-state index contributed by atoms with van der Waals surface area (Å²) in [6.45, 7) is 0. The van der Waals surface area contributed by atoms with E-state index in [-0.39, 0.29) is 17.5 Å². The molecule has 1 rings (SSSR count). The topological polar surface area (TPSA) is 63.6 Å². The number of carbonyl (C=O) groups excluding carboxylic acids is 2. The van der Waals surface area contributed by atoms with Crippen molar-refractivity contribution in [2.75, 3.05) is 7.11 Å². The zero-order valence-corrected chi connectivity index (χ0v) is 10.3. The monoisotopic (exact) mass is 240 g/mol. The number of allylic oxidation sites excluding steroid dienone is 2. The van der Waals surface area contributed by atoms with Gasteiger partial charge in [-0.05, 0) is 19.3 Å². The molecule has 0 atom stereocenters. The Bertz CT molecular complexity index is 317. The van der Waals surface area contributed by atoms with Gasteiger partial charge in [-0.1, -0.05) is 12.8 Å². The number of aliphatic hydroxyl groups excluding tert-OH is 1. The smallest absolute Gasteiger partial charge is 0.305 e. The molecule has 0 radical (unpaired) electrons. The standard InChI is InChI=1S/C13H20O4/c1-17-13(16)7-5-3-2-4-6-10-11(14)8-9-12(10)15/h14H,2-9H2,1H3. The second kappa shape index (κ2) is 7.09. The van der Waals surface area contributed by atoms with Crippen LogP contribution in [0.1, 0.15) is 51.4 Å². The van der Waals surface area contributed by atoms with Gasteiger partial charge < -0.3 is 9.84 Å². The minimum Gasteiger partial charge on any atom is -0.512 e. The largest absolute Gasteiger partial charge is 0.512 e. The number of Topliss-reactive ketones (excluding diaryl/α,β-unsaturated/α-hetero) is 1. The fourth-order valence-electron chi connectivity index (χ4n) is 2.01. The maximum absolute atomic E-state index is 11.4. The SMILES string of the molecule is COC(=O)CCCCCCC1=C(O)CCC1=O. The number of methoxy groups -OCH3 is 1. The zero-order valence-electron chi connectivity index (χ0n) is 10.3. The van der Waals surface area contributed by atoms with Gasteiger partial charge in [-0.25, -0.2) is 0 Å². The van der Waals surface area contributed by atoms with Gasteiger partial charge in [0.2, 0.25) is 0 Å². The molecule has 96 valence electrons. The first kappa shape index (κ1) is 13.7. The molecule has 0 aromatic carbocycles. The van der Waals surface area contributed by atoms with Crippen molar-refractivity contribution in [3.63, 3.8) is 0 Å². The van der Waals surface area contributed by atoms with Crippen molar-refractivity contribution < 1.29 is 19.4 Å². The summed E-state index contributed by atoms with van der Waals surface area (Å²) in [7, 11) is 1.39. The average molecular weight is 240 g/mol. The van der Waals surface area contributed by atoms with Gasteiger partial charge in [0.05, 0.1) is 12.9 Å². The molecule has 0 bridgehead atoms. The molecule has 0 fully saturated rings. The van der Waals surface area contributed by atoms with Crippen LogP contribution in [-0.2, 0) is 14.3 Å². The molecule has 1 aliphatic carbocycles. The van der Waals surface area contributed by atoms with Crippen molar-refractivity contribution >= 4 is 11.8 Å². The van der Waals surface area contributed by atoms with Crippen molar-refractivity contribution in [1.82, 2.24) is 0 Å². The van der Waals surface area contributed by atoms with E-state index in [1.807, 2.05) is 0 Å². The normalized spacial score (nSPS) is 15.5. The molecule has 4 heteroatoms. The maximum Gasteiger partial charge on any atom is 0.305 e. The number of hydrogen-bond donors (Lipinski definition) is 1. The van der Waals surface area contributed by atoms with Crippen LogP contribution in [0.5, 0.6) is 0 Å². The Labute approximate surface area is 102 Å². The summed E-state index contributed by atoms with van der Waals surface area (Å²) in [4.78, 5) is 22.2. The minimum atomic E-state index is -0.170. The summed E-state index contributed by atoms with van der Waals surface area (Å²) in [5.74, 6) is 0.206. The molecule has 0 aliphatic heterocycles. The Morgan fingerprint density at radius 3 is 2.53 bits per heavy atom. The Kier molecular flexibility index (Phi) is 5.73. The first-order valence-electron chi connectivity index (χ1n) is 6.16. The Hall–Kier alpha value is -1.32. The van der Waals surface area contributed by atoms with Crippen LogP contribution in [-0.4, -0.2) is 24.0 Å². The van der Waals surface area contributed by atoms with E-state index in [2.05, 4.69) is 4.74 Å². The molecule has 1 aliphatic rings. The zero-order chi connectivity index (χ0) is 12.7. The first-order chi connectivity index (χ1) is 8.15. The molecule has 0 spiro atoms. The third-order valence-corrected chi connectivity index (χ3v) is 3.06. The summed E-state index contributed by atoms with van der Waals surface area (Å²) in [6, 6.07) is 0. The van der Waals surface area contributed by atoms with Crippen LogP contribution < -0.4 is 0 Å². The molecule has 0 saturated heterocycles. The number of hydrogen-bond acceptors (Lipinski definition) is 4. The van der Waals surface area contributed by atoms with E-state index in [9.17, 15) is 14.7 Å². The van der Waals surface area contributed by atoms with Gasteiger partial charge >= 0.3 is 5.97 Å². The molecule has 4 nitrogen and oxygen atoms in total. The molecule has 0 heterocycles. The third kappa shape index (κ3) is 4.59. The highest BCUT2D eigenvalue weighted by atomic mass is 16.5. The van der Waals surface area contributed by atoms with Crippen molar-refractivity contribution in [2.45, 2.75) is 51.4 Å². The summed E-state index contributed by atoms with van der Waals surface area (Å²) in [6.07, 6.45) is 5.75. The number of ketones is 1. The molecule has 1 N–H and O–H groups in total. The molecular weight excluding hydrogens is 220 g/mol. The minimum absolute atomic E-state index is 0.0945. The van der Waals surface area contributed by atoms with E-state index in [0.717, 1.165) is 25.7 Å². The lowest BCUT2D eigenvalue weighted by Gasteiger charge is -2.02. The average Bonchev–Trinajstić information content (AvgIpc) is 2.64. The Balaban J connectivity index is 2.07. The summed E-state index contributed by atoms with van der Waals surface area (Å²) in [5, 5.41) is 9.46. The van der Waals surface area contributed by atoms with Crippen LogP contribution in [0.3, 0.4) is 0 Å². The van der Waals surface area contributed by atoms with E-state index in [1.165, 1.54) is 7.11 Å². The van der Waals surface area contributed by atoms with E-state index in [0.29, 0.717) is 31.3 Å². The van der Waals surface area contributed by atoms with Gasteiger partial charge in [-0.15, -0.1) is 0 Å². The number of ether oxygens (including phenoxy) is 1. The first-order valence-corrected chi connectivity index (χ1v) is 6.16. The molecule has 0 saturated carbocycles. The molecule has 0 aromatic rings. The van der Waals surface area contributed by atoms with Crippen molar-refractivity contribution in [3.8, 4) is 0 Å². The maximum atomic E-state index is 11.4. The predicted octanol–water partition coefficient (Wildman–Crippen LogP) is 2.68. The number of esters is 1. The van der Waals surface area contributed by atoms with Crippen molar-refractivity contribution in [2.24, 2.45) is 0 Å². The van der Waals surface area contributed by atoms with Crippen LogP contribution in [0.4, 0.5) is 0 Å². The highest BCUT2D eigenvalue weighted by molar-refractivity contribution is 5.98. The van der Waals surface area contributed by atoms with Crippen LogP contribution >= 0.6 is 0 Å². The number of unbranched alkanes of at least 4 members (excludes halogenated alkanes) is 3.